The Labute approximate surface area is 108 Å². The number of ether oxygens (including phenoxy) is 2. The highest BCUT2D eigenvalue weighted by atomic mass is 127. The fourth-order valence-corrected chi connectivity index (χ4v) is 2.01. The zero-order chi connectivity index (χ0) is 12.0. The summed E-state index contributed by atoms with van der Waals surface area (Å²) in [5.74, 6) is 1.38. The molecule has 0 bridgehead atoms. The van der Waals surface area contributed by atoms with Gasteiger partial charge in [-0.05, 0) is 41.1 Å². The number of oxime groups is 1. The SMILES string of the molecule is CCCOc1c(I)cc(/C=N/O)cc1OC. The lowest BCUT2D eigenvalue weighted by molar-refractivity contribution is 0.292. The van der Waals surface area contributed by atoms with Gasteiger partial charge in [0, 0.05) is 5.56 Å². The highest BCUT2D eigenvalue weighted by Crippen LogP contribution is 2.33. The van der Waals surface area contributed by atoms with E-state index >= 15 is 0 Å². The topological polar surface area (TPSA) is 51.0 Å². The first-order valence-electron chi connectivity index (χ1n) is 4.90. The van der Waals surface area contributed by atoms with Gasteiger partial charge in [0.1, 0.15) is 0 Å². The van der Waals surface area contributed by atoms with Gasteiger partial charge in [-0.3, -0.25) is 0 Å². The summed E-state index contributed by atoms with van der Waals surface area (Å²) in [6, 6.07) is 3.64. The molecule has 0 aliphatic heterocycles. The van der Waals surface area contributed by atoms with Gasteiger partial charge in [0.25, 0.3) is 0 Å². The second-order valence-corrected chi connectivity index (χ2v) is 4.29. The summed E-state index contributed by atoms with van der Waals surface area (Å²) in [6.07, 6.45) is 2.30. The fraction of sp³-hybridized carbons (Fsp3) is 0.364. The first-order valence-corrected chi connectivity index (χ1v) is 5.98. The van der Waals surface area contributed by atoms with Crippen LogP contribution in [0.15, 0.2) is 17.3 Å². The molecule has 0 amide bonds. The van der Waals surface area contributed by atoms with Gasteiger partial charge in [0.15, 0.2) is 11.5 Å². The number of hydrogen-bond acceptors (Lipinski definition) is 4. The number of hydrogen-bond donors (Lipinski definition) is 1. The quantitative estimate of drug-likeness (QED) is 0.390. The van der Waals surface area contributed by atoms with Crippen molar-refractivity contribution in [2.24, 2.45) is 5.16 Å². The van der Waals surface area contributed by atoms with Crippen LogP contribution in [-0.4, -0.2) is 25.1 Å². The lowest BCUT2D eigenvalue weighted by Gasteiger charge is -2.12. The van der Waals surface area contributed by atoms with E-state index in [-0.39, 0.29) is 0 Å². The second-order valence-electron chi connectivity index (χ2n) is 3.13. The minimum atomic E-state index is 0.648. The molecule has 0 aliphatic carbocycles. The van der Waals surface area contributed by atoms with Crippen LogP contribution in [0, 0.1) is 3.57 Å². The van der Waals surface area contributed by atoms with Crippen LogP contribution in [0.2, 0.25) is 0 Å². The van der Waals surface area contributed by atoms with Crippen LogP contribution >= 0.6 is 22.6 Å². The summed E-state index contributed by atoms with van der Waals surface area (Å²) >= 11 is 2.17. The number of benzene rings is 1. The molecule has 0 radical (unpaired) electrons. The van der Waals surface area contributed by atoms with Crippen LogP contribution < -0.4 is 9.47 Å². The predicted molar refractivity (Wildman–Crippen MR) is 70.9 cm³/mol. The third-order valence-electron chi connectivity index (χ3n) is 1.91. The Balaban J connectivity index is 3.07. The highest BCUT2D eigenvalue weighted by Gasteiger charge is 2.10. The van der Waals surface area contributed by atoms with Crippen molar-refractivity contribution in [1.82, 2.24) is 0 Å². The maximum atomic E-state index is 8.48. The largest absolute Gasteiger partial charge is 0.493 e. The average molecular weight is 335 g/mol. The molecule has 1 N–H and O–H groups in total. The Morgan fingerprint density at radius 1 is 1.50 bits per heavy atom. The molecule has 1 rings (SSSR count). The van der Waals surface area contributed by atoms with E-state index in [1.54, 1.807) is 13.2 Å². The van der Waals surface area contributed by atoms with Gasteiger partial charge in [-0.2, -0.15) is 0 Å². The van der Waals surface area contributed by atoms with E-state index in [1.807, 2.05) is 13.0 Å². The summed E-state index contributed by atoms with van der Waals surface area (Å²) in [7, 11) is 1.59. The smallest absolute Gasteiger partial charge is 0.174 e. The molecule has 0 unspecified atom stereocenters. The standard InChI is InChI=1S/C11H14INO3/c1-3-4-16-11-9(12)5-8(7-13-14)6-10(11)15-2/h5-7,14H,3-4H2,1-2H3/b13-7+. The van der Waals surface area contributed by atoms with Crippen LogP contribution in [0.1, 0.15) is 18.9 Å². The van der Waals surface area contributed by atoms with Crippen LogP contribution in [0.3, 0.4) is 0 Å². The van der Waals surface area contributed by atoms with Gasteiger partial charge in [0.05, 0.1) is 23.5 Å². The van der Waals surface area contributed by atoms with Gasteiger partial charge in [-0.1, -0.05) is 12.1 Å². The Kier molecular flexibility index (Phi) is 5.37. The van der Waals surface area contributed by atoms with Crippen molar-refractivity contribution < 1.29 is 14.7 Å². The maximum absolute atomic E-state index is 8.48. The van der Waals surface area contributed by atoms with Crippen molar-refractivity contribution in [2.45, 2.75) is 13.3 Å². The van der Waals surface area contributed by atoms with E-state index < -0.39 is 0 Å². The van der Waals surface area contributed by atoms with Crippen molar-refractivity contribution in [3.8, 4) is 11.5 Å². The number of nitrogens with zero attached hydrogens (tertiary/aromatic N) is 1. The van der Waals surface area contributed by atoms with E-state index in [9.17, 15) is 0 Å². The number of halogens is 1. The van der Waals surface area contributed by atoms with E-state index in [1.165, 1.54) is 6.21 Å². The molecule has 88 valence electrons. The summed E-state index contributed by atoms with van der Waals surface area (Å²) in [5, 5.41) is 11.5. The van der Waals surface area contributed by atoms with E-state index in [2.05, 4.69) is 27.7 Å². The molecule has 0 saturated carbocycles. The normalized spacial score (nSPS) is 10.7. The predicted octanol–water partition coefficient (Wildman–Crippen LogP) is 2.90. The Hall–Kier alpha value is -0.980. The van der Waals surface area contributed by atoms with Crippen molar-refractivity contribution in [3.05, 3.63) is 21.3 Å². The van der Waals surface area contributed by atoms with Crippen molar-refractivity contribution in [2.75, 3.05) is 13.7 Å². The summed E-state index contributed by atoms with van der Waals surface area (Å²) in [6.45, 7) is 2.70. The molecule has 1 aromatic carbocycles. The molecule has 4 nitrogen and oxygen atoms in total. The van der Waals surface area contributed by atoms with E-state index in [0.29, 0.717) is 12.4 Å². The van der Waals surface area contributed by atoms with Gasteiger partial charge >= 0.3 is 0 Å². The summed E-state index contributed by atoms with van der Waals surface area (Å²) < 4.78 is 11.8. The van der Waals surface area contributed by atoms with E-state index in [4.69, 9.17) is 14.7 Å². The van der Waals surface area contributed by atoms with Crippen LogP contribution in [0.4, 0.5) is 0 Å². The average Bonchev–Trinajstić information content (AvgIpc) is 2.27. The lowest BCUT2D eigenvalue weighted by Crippen LogP contribution is -2.01. The van der Waals surface area contributed by atoms with Gasteiger partial charge in [0.2, 0.25) is 0 Å². The monoisotopic (exact) mass is 335 g/mol. The first-order chi connectivity index (χ1) is 7.72. The first kappa shape index (κ1) is 13.1. The Morgan fingerprint density at radius 2 is 2.25 bits per heavy atom. The van der Waals surface area contributed by atoms with Crippen molar-refractivity contribution >= 4 is 28.8 Å². The Morgan fingerprint density at radius 3 is 2.81 bits per heavy atom. The highest BCUT2D eigenvalue weighted by molar-refractivity contribution is 14.1. The number of rotatable bonds is 5. The summed E-state index contributed by atoms with van der Waals surface area (Å²) in [5.41, 5.74) is 0.771. The molecule has 0 fully saturated rings. The molecule has 5 heteroatoms. The zero-order valence-electron chi connectivity index (χ0n) is 9.24. The van der Waals surface area contributed by atoms with Crippen LogP contribution in [-0.2, 0) is 0 Å². The third kappa shape index (κ3) is 3.26. The van der Waals surface area contributed by atoms with Crippen molar-refractivity contribution in [3.63, 3.8) is 0 Å². The molecule has 0 spiro atoms. The minimum absolute atomic E-state index is 0.648. The van der Waals surface area contributed by atoms with E-state index in [0.717, 1.165) is 21.3 Å². The molecule has 0 aromatic heterocycles. The molecular weight excluding hydrogens is 321 g/mol. The molecule has 0 atom stereocenters. The zero-order valence-corrected chi connectivity index (χ0v) is 11.4. The molecular formula is C11H14INO3. The summed E-state index contributed by atoms with van der Waals surface area (Å²) in [4.78, 5) is 0. The molecule has 0 heterocycles. The molecule has 16 heavy (non-hydrogen) atoms. The second kappa shape index (κ2) is 6.57. The van der Waals surface area contributed by atoms with Crippen molar-refractivity contribution in [1.29, 1.82) is 0 Å². The van der Waals surface area contributed by atoms with Gasteiger partial charge < -0.3 is 14.7 Å². The molecule has 0 aliphatic rings. The molecule has 1 aromatic rings. The van der Waals surface area contributed by atoms with Crippen LogP contribution in [0.25, 0.3) is 0 Å². The van der Waals surface area contributed by atoms with Gasteiger partial charge in [-0.25, -0.2) is 0 Å². The third-order valence-corrected chi connectivity index (χ3v) is 2.71. The maximum Gasteiger partial charge on any atom is 0.174 e. The van der Waals surface area contributed by atoms with Crippen LogP contribution in [0.5, 0.6) is 11.5 Å². The minimum Gasteiger partial charge on any atom is -0.493 e. The number of methoxy groups -OCH3 is 1. The Bertz CT molecular complexity index is 380. The lowest BCUT2D eigenvalue weighted by atomic mass is 10.2. The molecule has 0 saturated heterocycles. The van der Waals surface area contributed by atoms with Gasteiger partial charge in [-0.15, -0.1) is 0 Å². The fourth-order valence-electron chi connectivity index (χ4n) is 1.23.